The van der Waals surface area contributed by atoms with Gasteiger partial charge >= 0.3 is 11.8 Å². The molecule has 23 heavy (non-hydrogen) atoms. The molecule has 7 heteroatoms. The lowest BCUT2D eigenvalue weighted by Gasteiger charge is -2.10. The molecule has 0 bridgehead atoms. The molecular formula is C16H18N2O4S. The van der Waals surface area contributed by atoms with Gasteiger partial charge in [-0.15, -0.1) is 0 Å². The molecule has 2 N–H and O–H groups in total. The van der Waals surface area contributed by atoms with Crippen LogP contribution in [-0.2, 0) is 16.0 Å². The zero-order chi connectivity index (χ0) is 16.7. The number of ether oxygens (including phenoxy) is 2. The molecule has 0 saturated carbocycles. The average molecular weight is 334 g/mol. The van der Waals surface area contributed by atoms with E-state index in [1.165, 1.54) is 14.2 Å². The van der Waals surface area contributed by atoms with Crippen molar-refractivity contribution in [3.05, 3.63) is 40.6 Å². The van der Waals surface area contributed by atoms with Crippen LogP contribution in [0.15, 0.2) is 35.0 Å². The number of benzene rings is 1. The quantitative estimate of drug-likeness (QED) is 0.793. The normalized spacial score (nSPS) is 10.0. The van der Waals surface area contributed by atoms with Gasteiger partial charge in [0.1, 0.15) is 0 Å². The summed E-state index contributed by atoms with van der Waals surface area (Å²) in [6.45, 7) is 0.412. The van der Waals surface area contributed by atoms with Crippen LogP contribution in [0.4, 0.5) is 5.69 Å². The van der Waals surface area contributed by atoms with Crippen molar-refractivity contribution >= 4 is 28.8 Å². The van der Waals surface area contributed by atoms with Gasteiger partial charge in [0.25, 0.3) is 0 Å². The number of methoxy groups -OCH3 is 2. The van der Waals surface area contributed by atoms with Gasteiger partial charge in [-0.25, -0.2) is 0 Å². The maximum Gasteiger partial charge on any atom is 0.313 e. The van der Waals surface area contributed by atoms with Crippen molar-refractivity contribution in [1.29, 1.82) is 0 Å². The lowest BCUT2D eigenvalue weighted by Crippen LogP contribution is -2.36. The second-order valence-corrected chi connectivity index (χ2v) is 5.44. The number of anilines is 1. The smallest absolute Gasteiger partial charge is 0.313 e. The Morgan fingerprint density at radius 3 is 2.52 bits per heavy atom. The minimum absolute atomic E-state index is 0.412. The van der Waals surface area contributed by atoms with E-state index in [0.29, 0.717) is 30.2 Å². The van der Waals surface area contributed by atoms with E-state index in [9.17, 15) is 9.59 Å². The van der Waals surface area contributed by atoms with Crippen LogP contribution in [0.2, 0.25) is 0 Å². The molecule has 2 amide bonds. The Kier molecular flexibility index (Phi) is 5.99. The topological polar surface area (TPSA) is 76.7 Å². The molecule has 1 aromatic carbocycles. The molecule has 0 atom stereocenters. The summed E-state index contributed by atoms with van der Waals surface area (Å²) in [4.78, 5) is 23.6. The number of carbonyl (C=O) groups is 2. The Bertz CT molecular complexity index is 671. The Labute approximate surface area is 138 Å². The van der Waals surface area contributed by atoms with Gasteiger partial charge in [-0.2, -0.15) is 11.3 Å². The number of carbonyl (C=O) groups excluding carboxylic acids is 2. The van der Waals surface area contributed by atoms with E-state index in [4.69, 9.17) is 9.47 Å². The number of thiophene rings is 1. The van der Waals surface area contributed by atoms with Gasteiger partial charge in [-0.1, -0.05) is 0 Å². The summed E-state index contributed by atoms with van der Waals surface area (Å²) in [5.41, 5.74) is 1.59. The van der Waals surface area contributed by atoms with E-state index in [1.54, 1.807) is 29.5 Å². The second kappa shape index (κ2) is 8.19. The third kappa shape index (κ3) is 4.72. The summed E-state index contributed by atoms with van der Waals surface area (Å²) in [5, 5.41) is 9.10. The average Bonchev–Trinajstić information content (AvgIpc) is 3.07. The highest BCUT2D eigenvalue weighted by Crippen LogP contribution is 2.29. The largest absolute Gasteiger partial charge is 0.493 e. The SMILES string of the molecule is COc1ccc(NC(=O)C(=O)NCCc2ccsc2)cc1OC. The molecule has 1 heterocycles. The van der Waals surface area contributed by atoms with E-state index in [0.717, 1.165) is 5.56 Å². The van der Waals surface area contributed by atoms with Gasteiger partial charge in [-0.3, -0.25) is 9.59 Å². The lowest BCUT2D eigenvalue weighted by molar-refractivity contribution is -0.136. The van der Waals surface area contributed by atoms with Crippen molar-refractivity contribution in [2.75, 3.05) is 26.1 Å². The van der Waals surface area contributed by atoms with Crippen LogP contribution in [0.25, 0.3) is 0 Å². The van der Waals surface area contributed by atoms with E-state index in [1.807, 2.05) is 16.8 Å². The summed E-state index contributed by atoms with van der Waals surface area (Å²) in [7, 11) is 3.03. The van der Waals surface area contributed by atoms with Crippen molar-refractivity contribution in [3.8, 4) is 11.5 Å². The zero-order valence-electron chi connectivity index (χ0n) is 12.9. The van der Waals surface area contributed by atoms with Gasteiger partial charge in [0.2, 0.25) is 0 Å². The first-order chi connectivity index (χ1) is 11.1. The third-order valence-electron chi connectivity index (χ3n) is 3.13. The molecule has 0 aliphatic heterocycles. The number of hydrogen-bond donors (Lipinski definition) is 2. The molecular weight excluding hydrogens is 316 g/mol. The molecule has 0 spiro atoms. The molecule has 2 rings (SSSR count). The zero-order valence-corrected chi connectivity index (χ0v) is 13.7. The maximum atomic E-state index is 11.9. The molecule has 6 nitrogen and oxygen atoms in total. The summed E-state index contributed by atoms with van der Waals surface area (Å²) >= 11 is 1.60. The van der Waals surface area contributed by atoms with Gasteiger partial charge in [-0.05, 0) is 40.9 Å². The van der Waals surface area contributed by atoms with E-state index >= 15 is 0 Å². The number of nitrogens with one attached hydrogen (secondary N) is 2. The Morgan fingerprint density at radius 2 is 1.87 bits per heavy atom. The Balaban J connectivity index is 1.86. The Morgan fingerprint density at radius 1 is 1.09 bits per heavy atom. The number of rotatable bonds is 6. The molecule has 122 valence electrons. The number of amides is 2. The molecule has 0 saturated heterocycles. The summed E-state index contributed by atoms with van der Waals surface area (Å²) in [5.74, 6) is -0.369. The first-order valence-electron chi connectivity index (χ1n) is 6.96. The minimum Gasteiger partial charge on any atom is -0.493 e. The minimum atomic E-state index is -0.720. The van der Waals surface area contributed by atoms with Crippen LogP contribution in [-0.4, -0.2) is 32.6 Å². The van der Waals surface area contributed by atoms with Crippen molar-refractivity contribution in [3.63, 3.8) is 0 Å². The fourth-order valence-corrected chi connectivity index (χ4v) is 2.64. The predicted octanol–water partition coefficient (Wildman–Crippen LogP) is 2.06. The highest BCUT2D eigenvalue weighted by atomic mass is 32.1. The van der Waals surface area contributed by atoms with Crippen LogP contribution >= 0.6 is 11.3 Å². The van der Waals surface area contributed by atoms with Crippen molar-refractivity contribution in [2.45, 2.75) is 6.42 Å². The van der Waals surface area contributed by atoms with Gasteiger partial charge in [0.15, 0.2) is 11.5 Å². The highest BCUT2D eigenvalue weighted by molar-refractivity contribution is 7.07. The molecule has 0 fully saturated rings. The second-order valence-electron chi connectivity index (χ2n) is 4.66. The Hall–Kier alpha value is -2.54. The standard InChI is InChI=1S/C16H18N2O4S/c1-21-13-4-3-12(9-14(13)22-2)18-16(20)15(19)17-7-5-11-6-8-23-10-11/h3-4,6,8-10H,5,7H2,1-2H3,(H,17,19)(H,18,20). The molecule has 0 aliphatic rings. The molecule has 0 unspecified atom stereocenters. The summed E-state index contributed by atoms with van der Waals surface area (Å²) in [6.07, 6.45) is 0.693. The first-order valence-corrected chi connectivity index (χ1v) is 7.90. The van der Waals surface area contributed by atoms with E-state index in [-0.39, 0.29) is 0 Å². The van der Waals surface area contributed by atoms with Crippen LogP contribution in [0.1, 0.15) is 5.56 Å². The summed E-state index contributed by atoms with van der Waals surface area (Å²) < 4.78 is 10.3. The van der Waals surface area contributed by atoms with Crippen LogP contribution in [0, 0.1) is 0 Å². The van der Waals surface area contributed by atoms with Gasteiger partial charge in [0, 0.05) is 18.3 Å². The molecule has 0 radical (unpaired) electrons. The lowest BCUT2D eigenvalue weighted by atomic mass is 10.2. The molecule has 0 aliphatic carbocycles. The van der Waals surface area contributed by atoms with Crippen LogP contribution in [0.5, 0.6) is 11.5 Å². The van der Waals surface area contributed by atoms with Crippen molar-refractivity contribution in [2.24, 2.45) is 0 Å². The van der Waals surface area contributed by atoms with E-state index < -0.39 is 11.8 Å². The van der Waals surface area contributed by atoms with E-state index in [2.05, 4.69) is 10.6 Å². The summed E-state index contributed by atoms with van der Waals surface area (Å²) in [6, 6.07) is 6.87. The number of hydrogen-bond acceptors (Lipinski definition) is 5. The van der Waals surface area contributed by atoms with Gasteiger partial charge < -0.3 is 20.1 Å². The maximum absolute atomic E-state index is 11.9. The first kappa shape index (κ1) is 16.8. The van der Waals surface area contributed by atoms with Crippen molar-refractivity contribution in [1.82, 2.24) is 5.32 Å². The fourth-order valence-electron chi connectivity index (χ4n) is 1.94. The van der Waals surface area contributed by atoms with Gasteiger partial charge in [0.05, 0.1) is 14.2 Å². The molecule has 2 aromatic rings. The van der Waals surface area contributed by atoms with Crippen LogP contribution in [0.3, 0.4) is 0 Å². The third-order valence-corrected chi connectivity index (χ3v) is 3.86. The monoisotopic (exact) mass is 334 g/mol. The fraction of sp³-hybridized carbons (Fsp3) is 0.250. The highest BCUT2D eigenvalue weighted by Gasteiger charge is 2.14. The predicted molar refractivity (Wildman–Crippen MR) is 89.2 cm³/mol. The molecule has 1 aromatic heterocycles. The van der Waals surface area contributed by atoms with Crippen molar-refractivity contribution < 1.29 is 19.1 Å². The van der Waals surface area contributed by atoms with Crippen LogP contribution < -0.4 is 20.1 Å².